The van der Waals surface area contributed by atoms with Crippen LogP contribution >= 0.6 is 0 Å². The van der Waals surface area contributed by atoms with E-state index in [-0.39, 0.29) is 5.69 Å². The Morgan fingerprint density at radius 1 is 1.14 bits per heavy atom. The maximum Gasteiger partial charge on any atom is 0.331 e. The van der Waals surface area contributed by atoms with Crippen molar-refractivity contribution < 1.29 is 24.0 Å². The summed E-state index contributed by atoms with van der Waals surface area (Å²) in [5.74, 6) is -0.476. The van der Waals surface area contributed by atoms with Gasteiger partial charge in [0.15, 0.2) is 6.10 Å². The number of nitro benzene ring substituents is 1. The molecule has 0 aromatic heterocycles. The zero-order valence-corrected chi connectivity index (χ0v) is 15.5. The van der Waals surface area contributed by atoms with Crippen molar-refractivity contribution in [2.24, 2.45) is 0 Å². The fraction of sp³-hybridized carbons (Fsp3) is 0.200. The van der Waals surface area contributed by atoms with Gasteiger partial charge in [-0.25, -0.2) is 4.79 Å². The maximum atomic E-state index is 12.1. The predicted molar refractivity (Wildman–Crippen MR) is 104 cm³/mol. The molecule has 28 heavy (non-hydrogen) atoms. The average molecular weight is 384 g/mol. The fourth-order valence-electron chi connectivity index (χ4n) is 2.18. The summed E-state index contributed by atoms with van der Waals surface area (Å²) in [6.45, 7) is 3.90. The topological polar surface area (TPSA) is 108 Å². The van der Waals surface area contributed by atoms with Gasteiger partial charge in [0, 0.05) is 23.9 Å². The highest BCUT2D eigenvalue weighted by Crippen LogP contribution is 2.16. The number of ether oxygens (including phenoxy) is 2. The van der Waals surface area contributed by atoms with Gasteiger partial charge in [-0.2, -0.15) is 0 Å². The van der Waals surface area contributed by atoms with E-state index in [4.69, 9.17) is 9.47 Å². The van der Waals surface area contributed by atoms with Gasteiger partial charge in [-0.3, -0.25) is 14.9 Å². The molecule has 1 amide bonds. The SMILES string of the molecule is CCOc1ccc(/C=C/C(=O)OC(C)C(=O)Nc2ccc([N+](=O)[O-])cc2)cc1. The minimum absolute atomic E-state index is 0.0862. The summed E-state index contributed by atoms with van der Waals surface area (Å²) in [5, 5.41) is 13.2. The summed E-state index contributed by atoms with van der Waals surface area (Å²) in [6, 6.07) is 12.5. The second-order valence-electron chi connectivity index (χ2n) is 5.71. The number of carbonyl (C=O) groups excluding carboxylic acids is 2. The highest BCUT2D eigenvalue weighted by Gasteiger charge is 2.17. The lowest BCUT2D eigenvalue weighted by Gasteiger charge is -2.12. The van der Waals surface area contributed by atoms with Gasteiger partial charge >= 0.3 is 5.97 Å². The Balaban J connectivity index is 1.86. The van der Waals surface area contributed by atoms with Gasteiger partial charge in [-0.15, -0.1) is 0 Å². The van der Waals surface area contributed by atoms with E-state index in [1.54, 1.807) is 30.3 Å². The van der Waals surface area contributed by atoms with E-state index in [2.05, 4.69) is 5.32 Å². The summed E-state index contributed by atoms with van der Waals surface area (Å²) in [6.07, 6.45) is 1.76. The summed E-state index contributed by atoms with van der Waals surface area (Å²) >= 11 is 0. The number of carbonyl (C=O) groups is 2. The number of nitro groups is 1. The third-order valence-corrected chi connectivity index (χ3v) is 3.61. The van der Waals surface area contributed by atoms with Crippen molar-refractivity contribution in [3.05, 3.63) is 70.3 Å². The molecule has 0 bridgehead atoms. The predicted octanol–water partition coefficient (Wildman–Crippen LogP) is 3.58. The standard InChI is InChI=1S/C20H20N2O6/c1-3-27-18-11-4-15(5-12-18)6-13-19(23)28-14(2)20(24)21-16-7-9-17(10-8-16)22(25)26/h4-14H,3H2,1-2H3,(H,21,24)/b13-6+. The minimum Gasteiger partial charge on any atom is -0.494 e. The number of nitrogens with one attached hydrogen (secondary N) is 1. The van der Waals surface area contributed by atoms with Crippen molar-refractivity contribution >= 4 is 29.3 Å². The zero-order chi connectivity index (χ0) is 20.5. The minimum atomic E-state index is -1.03. The van der Waals surface area contributed by atoms with Crippen LogP contribution in [0.2, 0.25) is 0 Å². The van der Waals surface area contributed by atoms with E-state index >= 15 is 0 Å². The molecule has 0 saturated heterocycles. The van der Waals surface area contributed by atoms with E-state index in [1.165, 1.54) is 37.3 Å². The van der Waals surface area contributed by atoms with Crippen LogP contribution < -0.4 is 10.1 Å². The quantitative estimate of drug-likeness (QED) is 0.323. The van der Waals surface area contributed by atoms with Crippen molar-refractivity contribution in [1.82, 2.24) is 0 Å². The second-order valence-corrected chi connectivity index (χ2v) is 5.71. The molecule has 2 aromatic rings. The molecule has 0 aliphatic carbocycles. The number of hydrogen-bond acceptors (Lipinski definition) is 6. The van der Waals surface area contributed by atoms with E-state index in [0.29, 0.717) is 12.3 Å². The molecule has 8 heteroatoms. The summed E-state index contributed by atoms with van der Waals surface area (Å²) < 4.78 is 10.4. The number of esters is 1. The Labute approximate surface area is 161 Å². The molecule has 2 rings (SSSR count). The van der Waals surface area contributed by atoms with Crippen LogP contribution in [0.3, 0.4) is 0 Å². The maximum absolute atomic E-state index is 12.1. The van der Waals surface area contributed by atoms with Crippen LogP contribution in [0.4, 0.5) is 11.4 Å². The number of non-ortho nitro benzene ring substituents is 1. The lowest BCUT2D eigenvalue weighted by Crippen LogP contribution is -2.29. The Morgan fingerprint density at radius 2 is 1.79 bits per heavy atom. The number of amides is 1. The van der Waals surface area contributed by atoms with Crippen LogP contribution in [0.15, 0.2) is 54.6 Å². The Hall–Kier alpha value is -3.68. The number of hydrogen-bond donors (Lipinski definition) is 1. The van der Waals surface area contributed by atoms with E-state index in [9.17, 15) is 19.7 Å². The van der Waals surface area contributed by atoms with Crippen LogP contribution in [0.1, 0.15) is 19.4 Å². The molecular weight excluding hydrogens is 364 g/mol. The molecule has 0 heterocycles. The average Bonchev–Trinajstić information content (AvgIpc) is 2.68. The first-order valence-corrected chi connectivity index (χ1v) is 8.56. The first kappa shape index (κ1) is 20.6. The third kappa shape index (κ3) is 6.24. The largest absolute Gasteiger partial charge is 0.494 e. The van der Waals surface area contributed by atoms with Crippen LogP contribution in [-0.2, 0) is 14.3 Å². The smallest absolute Gasteiger partial charge is 0.331 e. The zero-order valence-electron chi connectivity index (χ0n) is 15.5. The second kappa shape index (κ2) is 9.86. The number of nitrogens with zero attached hydrogens (tertiary/aromatic N) is 1. The highest BCUT2D eigenvalue weighted by atomic mass is 16.6. The monoisotopic (exact) mass is 384 g/mol. The Bertz CT molecular complexity index is 859. The third-order valence-electron chi connectivity index (χ3n) is 3.61. The number of anilines is 1. The molecule has 1 atom stereocenters. The van der Waals surface area contributed by atoms with Crippen molar-refractivity contribution in [3.63, 3.8) is 0 Å². The van der Waals surface area contributed by atoms with Crippen molar-refractivity contribution in [1.29, 1.82) is 0 Å². The molecule has 0 spiro atoms. The van der Waals surface area contributed by atoms with Gasteiger partial charge in [0.25, 0.3) is 11.6 Å². The molecule has 0 aliphatic rings. The first-order valence-electron chi connectivity index (χ1n) is 8.56. The summed E-state index contributed by atoms with van der Waals surface area (Å²) in [5.41, 5.74) is 1.06. The molecule has 0 saturated carbocycles. The number of rotatable bonds is 8. The molecule has 0 fully saturated rings. The normalized spacial score (nSPS) is 11.6. The van der Waals surface area contributed by atoms with Gasteiger partial charge in [-0.1, -0.05) is 12.1 Å². The highest BCUT2D eigenvalue weighted by molar-refractivity contribution is 5.96. The molecule has 2 aromatic carbocycles. The van der Waals surface area contributed by atoms with Gasteiger partial charge < -0.3 is 14.8 Å². The Kier molecular flexibility index (Phi) is 7.27. The molecule has 0 aliphatic heterocycles. The molecule has 1 unspecified atom stereocenters. The van der Waals surface area contributed by atoms with Crippen LogP contribution in [-0.4, -0.2) is 29.5 Å². The van der Waals surface area contributed by atoms with Crippen LogP contribution in [0.5, 0.6) is 5.75 Å². The van der Waals surface area contributed by atoms with E-state index < -0.39 is 22.9 Å². The van der Waals surface area contributed by atoms with Crippen molar-refractivity contribution in [3.8, 4) is 5.75 Å². The first-order chi connectivity index (χ1) is 13.4. The van der Waals surface area contributed by atoms with E-state index in [0.717, 1.165) is 11.3 Å². The van der Waals surface area contributed by atoms with Crippen LogP contribution in [0, 0.1) is 10.1 Å². The number of benzene rings is 2. The lowest BCUT2D eigenvalue weighted by atomic mass is 10.2. The molecule has 0 radical (unpaired) electrons. The van der Waals surface area contributed by atoms with Crippen LogP contribution in [0.25, 0.3) is 6.08 Å². The lowest BCUT2D eigenvalue weighted by molar-refractivity contribution is -0.384. The molecule has 1 N–H and O–H groups in total. The molecular formula is C20H20N2O6. The molecule has 8 nitrogen and oxygen atoms in total. The fourth-order valence-corrected chi connectivity index (χ4v) is 2.18. The Morgan fingerprint density at radius 3 is 2.36 bits per heavy atom. The summed E-state index contributed by atoms with van der Waals surface area (Å²) in [7, 11) is 0. The van der Waals surface area contributed by atoms with E-state index in [1.807, 2.05) is 6.92 Å². The summed E-state index contributed by atoms with van der Waals surface area (Å²) in [4.78, 5) is 34.1. The van der Waals surface area contributed by atoms with Crippen molar-refractivity contribution in [2.75, 3.05) is 11.9 Å². The van der Waals surface area contributed by atoms with Gasteiger partial charge in [0.05, 0.1) is 11.5 Å². The van der Waals surface area contributed by atoms with Gasteiger partial charge in [-0.05, 0) is 49.8 Å². The van der Waals surface area contributed by atoms with Gasteiger partial charge in [0.1, 0.15) is 5.75 Å². The molecule has 146 valence electrons. The van der Waals surface area contributed by atoms with Crippen molar-refractivity contribution in [2.45, 2.75) is 20.0 Å². The van der Waals surface area contributed by atoms with Gasteiger partial charge in [0.2, 0.25) is 0 Å².